The van der Waals surface area contributed by atoms with Crippen LogP contribution in [-0.4, -0.2) is 32.4 Å². The van der Waals surface area contributed by atoms with Gasteiger partial charge in [0.15, 0.2) is 11.5 Å². The molecule has 0 aliphatic heterocycles. The highest BCUT2D eigenvalue weighted by Gasteiger charge is 2.12. The molecular weight excluding hydrogens is 312 g/mol. The van der Waals surface area contributed by atoms with Gasteiger partial charge >= 0.3 is 0 Å². The lowest BCUT2D eigenvalue weighted by atomic mass is 9.94. The Labute approximate surface area is 140 Å². The molecule has 0 fully saturated rings. The predicted octanol–water partition coefficient (Wildman–Crippen LogP) is 3.72. The number of rotatable bonds is 2. The Balaban J connectivity index is 0.000000558. The molecule has 0 aliphatic rings. The normalized spacial score (nSPS) is 10.5. The van der Waals surface area contributed by atoms with Gasteiger partial charge in [-0.2, -0.15) is 0 Å². The molecule has 0 bridgehead atoms. The number of carboxylic acid groups (broad SMARTS) is 2. The van der Waals surface area contributed by atoms with E-state index in [0.29, 0.717) is 5.39 Å². The van der Waals surface area contributed by atoms with Crippen molar-refractivity contribution in [2.75, 3.05) is 0 Å². The highest BCUT2D eigenvalue weighted by molar-refractivity contribution is 5.93. The zero-order chi connectivity index (χ0) is 18.9. The van der Waals surface area contributed by atoms with Gasteiger partial charge in [-0.25, -0.2) is 0 Å². The number of benzene rings is 2. The number of phenols is 2. The predicted molar refractivity (Wildman–Crippen MR) is 92.5 cm³/mol. The van der Waals surface area contributed by atoms with Gasteiger partial charge in [-0.1, -0.05) is 37.3 Å². The van der Waals surface area contributed by atoms with E-state index in [1.807, 2.05) is 31.2 Å². The minimum absolute atomic E-state index is 0.0596. The maximum Gasteiger partial charge on any atom is 0.300 e. The molecule has 6 nitrogen and oxygen atoms in total. The number of carbonyl (C=O) groups is 2. The molecule has 0 saturated carbocycles. The summed E-state index contributed by atoms with van der Waals surface area (Å²) in [6.07, 6.45) is 1.82. The van der Waals surface area contributed by atoms with Gasteiger partial charge in [0.2, 0.25) is 0 Å². The van der Waals surface area contributed by atoms with E-state index < -0.39 is 11.9 Å². The van der Waals surface area contributed by atoms with E-state index >= 15 is 0 Å². The van der Waals surface area contributed by atoms with Crippen LogP contribution in [0, 0.1) is 0 Å². The Kier molecular flexibility index (Phi) is 8.64. The van der Waals surface area contributed by atoms with Crippen molar-refractivity contribution in [1.29, 1.82) is 0 Å². The maximum absolute atomic E-state index is 9.76. The smallest absolute Gasteiger partial charge is 0.300 e. The van der Waals surface area contributed by atoms with Gasteiger partial charge < -0.3 is 20.4 Å². The van der Waals surface area contributed by atoms with Crippen molar-refractivity contribution in [2.24, 2.45) is 0 Å². The number of allylic oxidation sites excluding steroid dienone is 1. The molecule has 0 spiro atoms. The number of fused-ring (bicyclic) bond motifs is 1. The van der Waals surface area contributed by atoms with Crippen molar-refractivity contribution < 1.29 is 30.0 Å². The molecule has 130 valence electrons. The molecule has 6 heteroatoms. The first-order valence-corrected chi connectivity index (χ1v) is 7.06. The summed E-state index contributed by atoms with van der Waals surface area (Å²) in [5.41, 5.74) is 0.973. The van der Waals surface area contributed by atoms with E-state index in [-0.39, 0.29) is 17.4 Å². The summed E-state index contributed by atoms with van der Waals surface area (Å²) >= 11 is 0. The van der Waals surface area contributed by atoms with Crippen LogP contribution in [0.15, 0.2) is 43.0 Å². The fraction of sp³-hybridized carbons (Fsp3) is 0.222. The number of hydrogen-bond acceptors (Lipinski definition) is 4. The third kappa shape index (κ3) is 6.83. The molecule has 0 radical (unpaired) electrons. The first-order valence-electron chi connectivity index (χ1n) is 7.06. The van der Waals surface area contributed by atoms with E-state index in [0.717, 1.165) is 24.8 Å². The van der Waals surface area contributed by atoms with Gasteiger partial charge in [0.25, 0.3) is 11.9 Å². The molecule has 1 unspecified atom stereocenters. The molecule has 0 heterocycles. The molecule has 0 saturated heterocycles. The molecular formula is C18H22O6. The molecule has 2 aromatic rings. The van der Waals surface area contributed by atoms with Crippen LogP contribution < -0.4 is 0 Å². The molecule has 24 heavy (non-hydrogen) atoms. The van der Waals surface area contributed by atoms with Crippen LogP contribution in [0.5, 0.6) is 11.5 Å². The Bertz CT molecular complexity index is 701. The average Bonchev–Trinajstić information content (AvgIpc) is 2.49. The van der Waals surface area contributed by atoms with Crippen LogP contribution >= 0.6 is 0 Å². The number of phenolic OH excluding ortho intramolecular Hbond substituents is 2. The molecule has 2 aromatic carbocycles. The highest BCUT2D eigenvalue weighted by Crippen LogP contribution is 2.38. The van der Waals surface area contributed by atoms with E-state index in [4.69, 9.17) is 19.8 Å². The summed E-state index contributed by atoms with van der Waals surface area (Å²) in [7, 11) is 0. The third-order valence-electron chi connectivity index (χ3n) is 2.87. The van der Waals surface area contributed by atoms with Crippen molar-refractivity contribution in [3.8, 4) is 11.5 Å². The van der Waals surface area contributed by atoms with Gasteiger partial charge in [-0.15, -0.1) is 6.58 Å². The summed E-state index contributed by atoms with van der Waals surface area (Å²) < 4.78 is 0. The number of hydrogen-bond donors (Lipinski definition) is 4. The Morgan fingerprint density at radius 1 is 1.04 bits per heavy atom. The molecule has 1 atom stereocenters. The second kappa shape index (κ2) is 9.89. The van der Waals surface area contributed by atoms with Crippen LogP contribution in [0.2, 0.25) is 0 Å². The van der Waals surface area contributed by atoms with Crippen LogP contribution in [0.4, 0.5) is 0 Å². The quantitative estimate of drug-likeness (QED) is 0.491. The summed E-state index contributed by atoms with van der Waals surface area (Å²) in [6, 6.07) is 9.08. The zero-order valence-electron chi connectivity index (χ0n) is 13.9. The van der Waals surface area contributed by atoms with Crippen molar-refractivity contribution in [3.63, 3.8) is 0 Å². The molecule has 0 aliphatic carbocycles. The summed E-state index contributed by atoms with van der Waals surface area (Å²) in [4.78, 5) is 18.0. The molecule has 4 N–H and O–H groups in total. The lowest BCUT2D eigenvalue weighted by Crippen LogP contribution is -1.91. The van der Waals surface area contributed by atoms with Crippen molar-refractivity contribution in [3.05, 3.63) is 48.6 Å². The first kappa shape index (κ1) is 21.0. The fourth-order valence-electron chi connectivity index (χ4n) is 1.88. The van der Waals surface area contributed by atoms with Crippen LogP contribution in [0.3, 0.4) is 0 Å². The highest BCUT2D eigenvalue weighted by atomic mass is 16.4. The Hall–Kier alpha value is -3.02. The summed E-state index contributed by atoms with van der Waals surface area (Å²) in [5.74, 6) is -1.67. The van der Waals surface area contributed by atoms with Gasteiger partial charge in [-0.05, 0) is 22.9 Å². The molecule has 0 amide bonds. The van der Waals surface area contributed by atoms with Crippen molar-refractivity contribution in [2.45, 2.75) is 26.7 Å². The maximum atomic E-state index is 9.76. The number of aliphatic carboxylic acids is 2. The van der Waals surface area contributed by atoms with Gasteiger partial charge in [0.1, 0.15) is 0 Å². The number of carboxylic acids is 2. The molecule has 0 aromatic heterocycles. The molecule has 2 rings (SSSR count). The summed E-state index contributed by atoms with van der Waals surface area (Å²) in [6.45, 7) is 7.92. The van der Waals surface area contributed by atoms with E-state index in [1.165, 1.54) is 0 Å². The second-order valence-corrected chi connectivity index (χ2v) is 4.94. The average molecular weight is 334 g/mol. The minimum atomic E-state index is -0.833. The van der Waals surface area contributed by atoms with Crippen LogP contribution in [0.1, 0.15) is 32.3 Å². The van der Waals surface area contributed by atoms with Crippen LogP contribution in [0.25, 0.3) is 10.8 Å². The third-order valence-corrected chi connectivity index (χ3v) is 2.87. The lowest BCUT2D eigenvalue weighted by molar-refractivity contribution is -0.135. The Morgan fingerprint density at radius 3 is 1.88 bits per heavy atom. The zero-order valence-corrected chi connectivity index (χ0v) is 13.9. The van der Waals surface area contributed by atoms with Crippen LogP contribution in [-0.2, 0) is 9.59 Å². The van der Waals surface area contributed by atoms with Gasteiger partial charge in [0, 0.05) is 19.2 Å². The lowest BCUT2D eigenvalue weighted by Gasteiger charge is -2.13. The van der Waals surface area contributed by atoms with E-state index in [1.54, 1.807) is 12.1 Å². The topological polar surface area (TPSA) is 115 Å². The monoisotopic (exact) mass is 334 g/mol. The van der Waals surface area contributed by atoms with Gasteiger partial charge in [-0.3, -0.25) is 9.59 Å². The van der Waals surface area contributed by atoms with Gasteiger partial charge in [0.05, 0.1) is 0 Å². The standard InChI is InChI=1S/C14H14O2.2C2H4O2/c1-3-9(2)12-8-13(15)14(16)11-7-5-4-6-10(11)12;2*1-2(3)4/h3-9,15-16H,1H2,2H3;2*1H3,(H,3,4). The largest absolute Gasteiger partial charge is 0.504 e. The van der Waals surface area contributed by atoms with E-state index in [9.17, 15) is 10.2 Å². The van der Waals surface area contributed by atoms with Crippen molar-refractivity contribution >= 4 is 22.7 Å². The Morgan fingerprint density at radius 2 is 1.46 bits per heavy atom. The van der Waals surface area contributed by atoms with E-state index in [2.05, 4.69) is 6.58 Å². The fourth-order valence-corrected chi connectivity index (χ4v) is 1.88. The first-order chi connectivity index (χ1) is 11.1. The van der Waals surface area contributed by atoms with Crippen molar-refractivity contribution in [1.82, 2.24) is 0 Å². The second-order valence-electron chi connectivity index (χ2n) is 4.94. The summed E-state index contributed by atoms with van der Waals surface area (Å²) in [5, 5.41) is 35.9. The SMILES string of the molecule is C=CC(C)c1cc(O)c(O)c2ccccc12.CC(=O)O.CC(=O)O. The number of aromatic hydroxyl groups is 2. The minimum Gasteiger partial charge on any atom is -0.504 e.